The summed E-state index contributed by atoms with van der Waals surface area (Å²) in [5, 5.41) is 8.19. The number of carbonyl (C=O) groups is 4. The molecule has 0 aromatic heterocycles. The van der Waals surface area contributed by atoms with Gasteiger partial charge in [-0.2, -0.15) is 0 Å². The first-order valence-corrected chi connectivity index (χ1v) is 10.2. The van der Waals surface area contributed by atoms with Gasteiger partial charge in [0.1, 0.15) is 0 Å². The maximum absolute atomic E-state index is 12.0. The van der Waals surface area contributed by atoms with Gasteiger partial charge in [-0.1, -0.05) is 6.42 Å². The van der Waals surface area contributed by atoms with E-state index in [1.54, 1.807) is 0 Å². The highest BCUT2D eigenvalue weighted by molar-refractivity contribution is 7.89. The number of nitrogens with zero attached hydrogens (tertiary/aromatic N) is 1. The summed E-state index contributed by atoms with van der Waals surface area (Å²) in [5.74, 6) is -2.04. The highest BCUT2D eigenvalue weighted by Crippen LogP contribution is 2.13. The molecular formula is C17H21N3O7S. The van der Waals surface area contributed by atoms with Crippen molar-refractivity contribution in [3.8, 4) is 0 Å². The molecule has 1 aromatic rings. The number of imide groups is 1. The average molecular weight is 411 g/mol. The van der Waals surface area contributed by atoms with E-state index in [1.807, 2.05) is 0 Å². The maximum atomic E-state index is 12.0. The Bertz CT molecular complexity index is 849. The van der Waals surface area contributed by atoms with Crippen molar-refractivity contribution >= 4 is 33.7 Å². The molecule has 1 saturated heterocycles. The molecule has 28 heavy (non-hydrogen) atoms. The number of rotatable bonds is 9. The maximum Gasteiger partial charge on any atom is 0.333 e. The quantitative estimate of drug-likeness (QED) is 0.436. The number of amides is 3. The Morgan fingerprint density at radius 1 is 1.04 bits per heavy atom. The standard InChI is InChI=1S/C17H21N3O7S/c18-28(25,26)13-7-5-12(6-8-13)17(24)19-11-3-1-2-4-16(23)27-20-14(21)9-10-15(20)22/h5-8H,1-4,9-11H2,(H,19,24)(H2,18,25,26). The van der Waals surface area contributed by atoms with Crippen molar-refractivity contribution in [2.24, 2.45) is 5.14 Å². The van der Waals surface area contributed by atoms with Gasteiger partial charge in [0.05, 0.1) is 4.90 Å². The number of hydrogen-bond acceptors (Lipinski definition) is 7. The first-order chi connectivity index (χ1) is 13.2. The van der Waals surface area contributed by atoms with Crippen LogP contribution in [-0.4, -0.2) is 43.7 Å². The molecule has 1 fully saturated rings. The van der Waals surface area contributed by atoms with Crippen LogP contribution < -0.4 is 10.5 Å². The number of sulfonamides is 1. The summed E-state index contributed by atoms with van der Waals surface area (Å²) in [6.07, 6.45) is 1.87. The highest BCUT2D eigenvalue weighted by Gasteiger charge is 2.32. The molecule has 3 amide bonds. The molecule has 1 aromatic carbocycles. The molecule has 3 N–H and O–H groups in total. The summed E-state index contributed by atoms with van der Waals surface area (Å²) in [7, 11) is -3.80. The number of nitrogens with one attached hydrogen (secondary N) is 1. The minimum atomic E-state index is -3.80. The van der Waals surface area contributed by atoms with Crippen LogP contribution in [0.15, 0.2) is 29.2 Å². The molecule has 1 heterocycles. The van der Waals surface area contributed by atoms with Crippen LogP contribution in [0.4, 0.5) is 0 Å². The second kappa shape index (κ2) is 9.42. The van der Waals surface area contributed by atoms with Gasteiger partial charge >= 0.3 is 5.97 Å². The minimum Gasteiger partial charge on any atom is -0.352 e. The number of hydrogen-bond donors (Lipinski definition) is 2. The first kappa shape index (κ1) is 21.5. The molecule has 2 rings (SSSR count). The molecule has 1 aliphatic rings. The summed E-state index contributed by atoms with van der Waals surface area (Å²) >= 11 is 0. The predicted molar refractivity (Wildman–Crippen MR) is 95.8 cm³/mol. The van der Waals surface area contributed by atoms with E-state index in [9.17, 15) is 27.6 Å². The van der Waals surface area contributed by atoms with Crippen molar-refractivity contribution in [3.63, 3.8) is 0 Å². The van der Waals surface area contributed by atoms with Gasteiger partial charge in [-0.25, -0.2) is 18.4 Å². The van der Waals surface area contributed by atoms with Crippen molar-refractivity contribution in [2.75, 3.05) is 6.54 Å². The molecule has 152 valence electrons. The third kappa shape index (κ3) is 6.13. The molecule has 0 unspecified atom stereocenters. The molecule has 11 heteroatoms. The Hall–Kier alpha value is -2.79. The second-order valence-corrected chi connectivity index (χ2v) is 7.74. The number of primary sulfonamides is 1. The van der Waals surface area contributed by atoms with Crippen molar-refractivity contribution in [1.82, 2.24) is 10.4 Å². The normalized spacial score (nSPS) is 14.2. The van der Waals surface area contributed by atoms with Gasteiger partial charge in [0.15, 0.2) is 0 Å². The Balaban J connectivity index is 1.62. The van der Waals surface area contributed by atoms with Crippen molar-refractivity contribution < 1.29 is 32.4 Å². The Labute approximate surface area is 162 Å². The van der Waals surface area contributed by atoms with E-state index in [1.165, 1.54) is 24.3 Å². The van der Waals surface area contributed by atoms with E-state index in [0.29, 0.717) is 36.4 Å². The zero-order chi connectivity index (χ0) is 20.7. The lowest BCUT2D eigenvalue weighted by molar-refractivity contribution is -0.197. The summed E-state index contributed by atoms with van der Waals surface area (Å²) < 4.78 is 22.3. The van der Waals surface area contributed by atoms with Crippen LogP contribution in [0.3, 0.4) is 0 Å². The van der Waals surface area contributed by atoms with Gasteiger partial charge in [-0.3, -0.25) is 14.4 Å². The lowest BCUT2D eigenvalue weighted by atomic mass is 10.2. The van der Waals surface area contributed by atoms with Crippen molar-refractivity contribution in [2.45, 2.75) is 43.4 Å². The lowest BCUT2D eigenvalue weighted by Crippen LogP contribution is -2.31. The molecule has 0 saturated carbocycles. The lowest BCUT2D eigenvalue weighted by Gasteiger charge is -2.12. The van der Waals surface area contributed by atoms with E-state index in [2.05, 4.69) is 5.32 Å². The zero-order valence-electron chi connectivity index (χ0n) is 15.0. The molecular weight excluding hydrogens is 390 g/mol. The molecule has 0 spiro atoms. The number of nitrogens with two attached hydrogens (primary N) is 1. The smallest absolute Gasteiger partial charge is 0.333 e. The van der Waals surface area contributed by atoms with Gasteiger partial charge in [0, 0.05) is 31.4 Å². The van der Waals surface area contributed by atoms with Crippen LogP contribution in [0.5, 0.6) is 0 Å². The second-order valence-electron chi connectivity index (χ2n) is 6.18. The summed E-state index contributed by atoms with van der Waals surface area (Å²) in [4.78, 5) is 50.9. The Morgan fingerprint density at radius 2 is 1.64 bits per heavy atom. The van der Waals surface area contributed by atoms with Crippen LogP contribution in [0.2, 0.25) is 0 Å². The van der Waals surface area contributed by atoms with Gasteiger partial charge in [0.2, 0.25) is 10.0 Å². The van der Waals surface area contributed by atoms with Crippen molar-refractivity contribution in [1.29, 1.82) is 0 Å². The van der Waals surface area contributed by atoms with Crippen molar-refractivity contribution in [3.05, 3.63) is 29.8 Å². The van der Waals surface area contributed by atoms with Crippen LogP contribution in [0.1, 0.15) is 48.9 Å². The molecule has 0 bridgehead atoms. The van der Waals surface area contributed by atoms with Gasteiger partial charge in [-0.05, 0) is 37.1 Å². The topological polar surface area (TPSA) is 153 Å². The van der Waals surface area contributed by atoms with Crippen LogP contribution in [0.25, 0.3) is 0 Å². The van der Waals surface area contributed by atoms with E-state index in [-0.39, 0.29) is 30.1 Å². The molecule has 1 aliphatic heterocycles. The van der Waals surface area contributed by atoms with Gasteiger partial charge in [-0.15, -0.1) is 5.06 Å². The molecule has 0 atom stereocenters. The number of unbranched alkanes of at least 4 members (excludes halogenated alkanes) is 2. The fraction of sp³-hybridized carbons (Fsp3) is 0.412. The first-order valence-electron chi connectivity index (χ1n) is 8.66. The average Bonchev–Trinajstić information content (AvgIpc) is 2.95. The van der Waals surface area contributed by atoms with E-state index in [4.69, 9.17) is 9.98 Å². The molecule has 0 radical (unpaired) electrons. The zero-order valence-corrected chi connectivity index (χ0v) is 15.9. The van der Waals surface area contributed by atoms with E-state index < -0.39 is 27.8 Å². The highest BCUT2D eigenvalue weighted by atomic mass is 32.2. The Morgan fingerprint density at radius 3 is 2.21 bits per heavy atom. The third-order valence-electron chi connectivity index (χ3n) is 3.99. The van der Waals surface area contributed by atoms with Gasteiger partial charge in [0.25, 0.3) is 17.7 Å². The number of hydroxylamine groups is 2. The van der Waals surface area contributed by atoms with E-state index >= 15 is 0 Å². The summed E-state index contributed by atoms with van der Waals surface area (Å²) in [5.41, 5.74) is 0.302. The third-order valence-corrected chi connectivity index (χ3v) is 4.92. The van der Waals surface area contributed by atoms with Crippen LogP contribution in [-0.2, 0) is 29.2 Å². The predicted octanol–water partition coefficient (Wildman–Crippen LogP) is 0.231. The minimum absolute atomic E-state index is 0.0522. The Kier molecular flexibility index (Phi) is 7.24. The van der Waals surface area contributed by atoms with Crippen LogP contribution >= 0.6 is 0 Å². The summed E-state index contributed by atoms with van der Waals surface area (Å²) in [6, 6.07) is 5.25. The van der Waals surface area contributed by atoms with Crippen LogP contribution in [0, 0.1) is 0 Å². The monoisotopic (exact) mass is 411 g/mol. The molecule has 10 nitrogen and oxygen atoms in total. The fourth-order valence-corrected chi connectivity index (χ4v) is 2.99. The number of carbonyl (C=O) groups excluding carboxylic acids is 4. The SMILES string of the molecule is NS(=O)(=O)c1ccc(C(=O)NCCCCCC(=O)ON2C(=O)CCC2=O)cc1. The number of benzene rings is 1. The van der Waals surface area contributed by atoms with E-state index in [0.717, 1.165) is 0 Å². The molecule has 0 aliphatic carbocycles. The van der Waals surface area contributed by atoms with Gasteiger partial charge < -0.3 is 10.2 Å². The largest absolute Gasteiger partial charge is 0.352 e. The fourth-order valence-electron chi connectivity index (χ4n) is 2.48. The summed E-state index contributed by atoms with van der Waals surface area (Å²) in [6.45, 7) is 0.369.